The summed E-state index contributed by atoms with van der Waals surface area (Å²) < 4.78 is 34.0. The molecular formula is C24H30O6. The van der Waals surface area contributed by atoms with Crippen molar-refractivity contribution in [2.75, 3.05) is 42.7 Å². The first-order chi connectivity index (χ1) is 14.4. The fourth-order valence-electron chi connectivity index (χ4n) is 4.23. The molecular weight excluding hydrogens is 384 g/mol. The van der Waals surface area contributed by atoms with E-state index in [1.165, 1.54) is 5.57 Å². The average molecular weight is 414 g/mol. The standard InChI is InChI=1S/C24H30O6/c1-13-9-15-18(26-4)12-21(29-7)24(30-8)23(15)22(14(13)2)16-10-19(27-5)20(28-6)11-17(16)25-3/h9-12,14,22H,1-8H3/t14-,22-/m1/s1. The maximum atomic E-state index is 5.84. The summed E-state index contributed by atoms with van der Waals surface area (Å²) in [5, 5.41) is 0. The van der Waals surface area contributed by atoms with Gasteiger partial charge >= 0.3 is 0 Å². The molecule has 2 aromatic rings. The number of hydrogen-bond acceptors (Lipinski definition) is 6. The predicted molar refractivity (Wildman–Crippen MR) is 117 cm³/mol. The van der Waals surface area contributed by atoms with Crippen molar-refractivity contribution in [1.29, 1.82) is 0 Å². The van der Waals surface area contributed by atoms with Gasteiger partial charge in [-0.25, -0.2) is 0 Å². The fraction of sp³-hybridized carbons (Fsp3) is 0.417. The Labute approximate surface area is 178 Å². The van der Waals surface area contributed by atoms with E-state index in [4.69, 9.17) is 28.4 Å². The third kappa shape index (κ3) is 3.40. The number of fused-ring (bicyclic) bond motifs is 1. The van der Waals surface area contributed by atoms with Gasteiger partial charge in [0.1, 0.15) is 11.5 Å². The van der Waals surface area contributed by atoms with Crippen molar-refractivity contribution >= 4 is 6.08 Å². The van der Waals surface area contributed by atoms with Crippen LogP contribution in [-0.4, -0.2) is 42.7 Å². The highest BCUT2D eigenvalue weighted by Gasteiger charge is 2.36. The van der Waals surface area contributed by atoms with Crippen LogP contribution in [0.2, 0.25) is 0 Å². The first kappa shape index (κ1) is 21.7. The van der Waals surface area contributed by atoms with Gasteiger partial charge in [0.2, 0.25) is 0 Å². The number of hydrogen-bond donors (Lipinski definition) is 0. The Balaban J connectivity index is 2.40. The molecule has 2 atom stereocenters. The molecule has 0 saturated heterocycles. The normalized spacial score (nSPS) is 17.5. The average Bonchev–Trinajstić information content (AvgIpc) is 2.78. The van der Waals surface area contributed by atoms with Crippen LogP contribution in [-0.2, 0) is 0 Å². The van der Waals surface area contributed by atoms with Crippen LogP contribution in [0.3, 0.4) is 0 Å². The van der Waals surface area contributed by atoms with Crippen LogP contribution in [0.4, 0.5) is 0 Å². The highest BCUT2D eigenvalue weighted by Crippen LogP contribution is 2.54. The summed E-state index contributed by atoms with van der Waals surface area (Å²) in [5.74, 6) is 4.12. The van der Waals surface area contributed by atoms with Crippen molar-refractivity contribution in [3.8, 4) is 34.5 Å². The summed E-state index contributed by atoms with van der Waals surface area (Å²) in [4.78, 5) is 0. The Morgan fingerprint density at radius 1 is 0.633 bits per heavy atom. The molecule has 30 heavy (non-hydrogen) atoms. The van der Waals surface area contributed by atoms with Crippen LogP contribution in [0.5, 0.6) is 34.5 Å². The lowest BCUT2D eigenvalue weighted by Gasteiger charge is -2.34. The number of rotatable bonds is 7. The van der Waals surface area contributed by atoms with Crippen molar-refractivity contribution in [3.63, 3.8) is 0 Å². The molecule has 0 bridgehead atoms. The number of benzene rings is 2. The molecule has 0 saturated carbocycles. The Hall–Kier alpha value is -3.02. The maximum absolute atomic E-state index is 5.84. The molecule has 6 nitrogen and oxygen atoms in total. The summed E-state index contributed by atoms with van der Waals surface area (Å²) >= 11 is 0. The minimum atomic E-state index is -0.0706. The molecule has 0 N–H and O–H groups in total. The van der Waals surface area contributed by atoms with E-state index in [9.17, 15) is 0 Å². The maximum Gasteiger partial charge on any atom is 0.165 e. The number of allylic oxidation sites excluding steroid dienone is 1. The first-order valence-electron chi connectivity index (χ1n) is 9.76. The van der Waals surface area contributed by atoms with Gasteiger partial charge in [-0.1, -0.05) is 18.6 Å². The topological polar surface area (TPSA) is 55.4 Å². The molecule has 2 aromatic carbocycles. The molecule has 0 fully saturated rings. The van der Waals surface area contributed by atoms with E-state index in [1.54, 1.807) is 42.7 Å². The Morgan fingerprint density at radius 3 is 1.70 bits per heavy atom. The molecule has 3 rings (SSSR count). The molecule has 0 radical (unpaired) electrons. The summed E-state index contributed by atoms with van der Waals surface area (Å²) in [5.41, 5.74) is 4.18. The van der Waals surface area contributed by atoms with E-state index in [0.717, 1.165) is 22.4 Å². The zero-order valence-corrected chi connectivity index (χ0v) is 18.9. The Morgan fingerprint density at radius 2 is 1.17 bits per heavy atom. The van der Waals surface area contributed by atoms with Gasteiger partial charge in [-0.15, -0.1) is 0 Å². The van der Waals surface area contributed by atoms with Crippen molar-refractivity contribution < 1.29 is 28.4 Å². The number of methoxy groups -OCH3 is 6. The monoisotopic (exact) mass is 414 g/mol. The van der Waals surface area contributed by atoms with E-state index in [0.29, 0.717) is 28.7 Å². The van der Waals surface area contributed by atoms with Gasteiger partial charge in [0.05, 0.1) is 42.7 Å². The minimum absolute atomic E-state index is 0.0706. The van der Waals surface area contributed by atoms with Gasteiger partial charge in [-0.05, 0) is 18.9 Å². The van der Waals surface area contributed by atoms with E-state index in [-0.39, 0.29) is 11.8 Å². The summed E-state index contributed by atoms with van der Waals surface area (Å²) in [7, 11) is 9.84. The van der Waals surface area contributed by atoms with Crippen LogP contribution < -0.4 is 28.4 Å². The molecule has 1 aliphatic rings. The van der Waals surface area contributed by atoms with Crippen LogP contribution in [0.25, 0.3) is 6.08 Å². The van der Waals surface area contributed by atoms with Gasteiger partial charge in [-0.3, -0.25) is 0 Å². The van der Waals surface area contributed by atoms with Gasteiger partial charge < -0.3 is 28.4 Å². The highest BCUT2D eigenvalue weighted by molar-refractivity contribution is 5.75. The summed E-state index contributed by atoms with van der Waals surface area (Å²) in [6, 6.07) is 5.70. The van der Waals surface area contributed by atoms with Crippen molar-refractivity contribution in [1.82, 2.24) is 0 Å². The molecule has 0 unspecified atom stereocenters. The van der Waals surface area contributed by atoms with E-state index in [2.05, 4.69) is 19.9 Å². The third-order valence-corrected chi connectivity index (χ3v) is 5.90. The zero-order chi connectivity index (χ0) is 22.0. The largest absolute Gasteiger partial charge is 0.496 e. The van der Waals surface area contributed by atoms with Crippen LogP contribution >= 0.6 is 0 Å². The van der Waals surface area contributed by atoms with Crippen LogP contribution in [0.15, 0.2) is 23.8 Å². The smallest absolute Gasteiger partial charge is 0.165 e. The molecule has 6 heteroatoms. The van der Waals surface area contributed by atoms with E-state index >= 15 is 0 Å². The third-order valence-electron chi connectivity index (χ3n) is 5.90. The lowest BCUT2D eigenvalue weighted by atomic mass is 9.71. The quantitative estimate of drug-likeness (QED) is 0.641. The second kappa shape index (κ2) is 8.78. The van der Waals surface area contributed by atoms with Crippen molar-refractivity contribution in [2.24, 2.45) is 5.92 Å². The molecule has 0 spiro atoms. The second-order valence-electron chi connectivity index (χ2n) is 7.25. The van der Waals surface area contributed by atoms with Crippen LogP contribution in [0, 0.1) is 5.92 Å². The van der Waals surface area contributed by atoms with Gasteiger partial charge in [0, 0.05) is 34.7 Å². The fourth-order valence-corrected chi connectivity index (χ4v) is 4.23. The van der Waals surface area contributed by atoms with Crippen molar-refractivity contribution in [2.45, 2.75) is 19.8 Å². The zero-order valence-electron chi connectivity index (χ0n) is 18.9. The molecule has 162 valence electrons. The molecule has 0 aromatic heterocycles. The summed E-state index contributed by atoms with van der Waals surface area (Å²) in [6.45, 7) is 4.32. The minimum Gasteiger partial charge on any atom is -0.496 e. The van der Waals surface area contributed by atoms with E-state index in [1.807, 2.05) is 18.2 Å². The molecule has 1 aliphatic carbocycles. The van der Waals surface area contributed by atoms with Crippen LogP contribution in [0.1, 0.15) is 36.5 Å². The SMILES string of the molecule is COc1cc(OC)c([C@@H]2c3c(c(OC)cc(OC)c3OC)C=C(C)[C@H]2C)cc1OC. The molecule has 0 aliphatic heterocycles. The highest BCUT2D eigenvalue weighted by atomic mass is 16.5. The van der Waals surface area contributed by atoms with Gasteiger partial charge in [0.15, 0.2) is 23.0 Å². The number of ether oxygens (including phenoxy) is 6. The Kier molecular flexibility index (Phi) is 6.34. The predicted octanol–water partition coefficient (Wildman–Crippen LogP) is 4.92. The first-order valence-corrected chi connectivity index (χ1v) is 9.76. The van der Waals surface area contributed by atoms with E-state index < -0.39 is 0 Å². The second-order valence-corrected chi connectivity index (χ2v) is 7.25. The van der Waals surface area contributed by atoms with Gasteiger partial charge in [0.25, 0.3) is 0 Å². The Bertz CT molecular complexity index is 963. The molecule has 0 amide bonds. The summed E-state index contributed by atoms with van der Waals surface area (Å²) in [6.07, 6.45) is 2.16. The van der Waals surface area contributed by atoms with Crippen molar-refractivity contribution in [3.05, 3.63) is 40.5 Å². The lowest BCUT2D eigenvalue weighted by Crippen LogP contribution is -2.20. The van der Waals surface area contributed by atoms with Gasteiger partial charge in [-0.2, -0.15) is 0 Å². The lowest BCUT2D eigenvalue weighted by molar-refractivity contribution is 0.337. The molecule has 0 heterocycles.